The van der Waals surface area contributed by atoms with Crippen LogP contribution >= 0.6 is 0 Å². The first kappa shape index (κ1) is 16.0. The van der Waals surface area contributed by atoms with Crippen LogP contribution in [0.3, 0.4) is 0 Å². The van der Waals surface area contributed by atoms with E-state index in [0.29, 0.717) is 13.0 Å². The van der Waals surface area contributed by atoms with Crippen LogP contribution in [-0.4, -0.2) is 45.6 Å². The lowest BCUT2D eigenvalue weighted by molar-refractivity contribution is 0.275. The molecule has 0 bridgehead atoms. The highest BCUT2D eigenvalue weighted by molar-refractivity contribution is 7.89. The zero-order chi connectivity index (χ0) is 14.5. The van der Waals surface area contributed by atoms with E-state index in [4.69, 9.17) is 5.11 Å². The van der Waals surface area contributed by atoms with Crippen LogP contribution in [-0.2, 0) is 16.6 Å². The van der Waals surface area contributed by atoms with Crippen molar-refractivity contribution in [1.82, 2.24) is 9.62 Å². The molecule has 0 saturated heterocycles. The van der Waals surface area contributed by atoms with E-state index in [1.807, 2.05) is 19.0 Å². The Hall–Kier alpha value is -1.02. The first-order valence-electron chi connectivity index (χ1n) is 5.90. The third-order valence-electron chi connectivity index (χ3n) is 2.57. The predicted molar refractivity (Wildman–Crippen MR) is 70.7 cm³/mol. The number of sulfonamides is 1. The predicted octanol–water partition coefficient (Wildman–Crippen LogP) is 0.548. The molecule has 1 aromatic rings. The fourth-order valence-corrected chi connectivity index (χ4v) is 2.65. The first-order valence-corrected chi connectivity index (χ1v) is 7.39. The number of hydrogen-bond donors (Lipinski definition) is 2. The summed E-state index contributed by atoms with van der Waals surface area (Å²) in [6.45, 7) is 0.552. The van der Waals surface area contributed by atoms with E-state index in [-0.39, 0.29) is 10.5 Å². The van der Waals surface area contributed by atoms with Gasteiger partial charge in [-0.25, -0.2) is 17.5 Å². The Kier molecular flexibility index (Phi) is 5.86. The zero-order valence-corrected chi connectivity index (χ0v) is 11.9. The molecule has 2 N–H and O–H groups in total. The quantitative estimate of drug-likeness (QED) is 0.720. The van der Waals surface area contributed by atoms with Crippen molar-refractivity contribution in [3.05, 3.63) is 29.6 Å². The molecule has 0 spiro atoms. The molecule has 0 fully saturated rings. The summed E-state index contributed by atoms with van der Waals surface area (Å²) in [6, 6.07) is 3.37. The van der Waals surface area contributed by atoms with Crippen molar-refractivity contribution in [3.8, 4) is 0 Å². The molecule has 0 saturated carbocycles. The van der Waals surface area contributed by atoms with Gasteiger partial charge in [0.25, 0.3) is 0 Å². The van der Waals surface area contributed by atoms with Gasteiger partial charge in [-0.3, -0.25) is 0 Å². The van der Waals surface area contributed by atoms with Crippen molar-refractivity contribution in [3.63, 3.8) is 0 Å². The number of halogens is 1. The number of hydrogen-bond acceptors (Lipinski definition) is 4. The Balaban J connectivity index is 2.72. The highest BCUT2D eigenvalue weighted by Gasteiger charge is 2.15. The minimum absolute atomic E-state index is 0.0313. The number of rotatable bonds is 7. The van der Waals surface area contributed by atoms with E-state index >= 15 is 0 Å². The van der Waals surface area contributed by atoms with Crippen molar-refractivity contribution < 1.29 is 17.9 Å². The molecule has 0 radical (unpaired) electrons. The van der Waals surface area contributed by atoms with Crippen molar-refractivity contribution in [2.45, 2.75) is 17.9 Å². The summed E-state index contributed by atoms with van der Waals surface area (Å²) in [5, 5.41) is 8.92. The van der Waals surface area contributed by atoms with Gasteiger partial charge >= 0.3 is 0 Å². The second-order valence-corrected chi connectivity index (χ2v) is 6.23. The number of aliphatic hydroxyl groups is 1. The third-order valence-corrected chi connectivity index (χ3v) is 4.03. The molecule has 0 amide bonds. The molecule has 0 atom stereocenters. The van der Waals surface area contributed by atoms with Crippen LogP contribution in [0.2, 0.25) is 0 Å². The average molecular weight is 290 g/mol. The van der Waals surface area contributed by atoms with E-state index < -0.39 is 22.4 Å². The van der Waals surface area contributed by atoms with Gasteiger partial charge in [0.05, 0.1) is 11.5 Å². The van der Waals surface area contributed by atoms with Crippen molar-refractivity contribution in [2.24, 2.45) is 0 Å². The molecule has 0 aliphatic rings. The Morgan fingerprint density at radius 3 is 2.63 bits per heavy atom. The molecule has 1 aromatic carbocycles. The van der Waals surface area contributed by atoms with Crippen molar-refractivity contribution >= 4 is 10.0 Å². The molecular formula is C12H19FN2O3S. The molecule has 0 aromatic heterocycles. The maximum absolute atomic E-state index is 13.2. The van der Waals surface area contributed by atoms with Gasteiger partial charge in [-0.05, 0) is 45.3 Å². The summed E-state index contributed by atoms with van der Waals surface area (Å²) in [4.78, 5) is 1.92. The van der Waals surface area contributed by atoms with Gasteiger partial charge < -0.3 is 10.0 Å². The van der Waals surface area contributed by atoms with Gasteiger partial charge in [0.15, 0.2) is 0 Å². The monoisotopic (exact) mass is 290 g/mol. The summed E-state index contributed by atoms with van der Waals surface area (Å²) >= 11 is 0. The Bertz CT molecular complexity index is 518. The van der Waals surface area contributed by atoms with Crippen molar-refractivity contribution in [2.75, 3.05) is 27.2 Å². The first-order chi connectivity index (χ1) is 8.86. The third kappa shape index (κ3) is 4.87. The number of nitrogens with one attached hydrogen (secondary N) is 1. The Labute approximate surface area is 113 Å². The standard InChI is InChI=1S/C12H19FN2O3S/c1-15(2)7-3-6-14-19(17,18)11-4-5-12(13)10(8-11)9-16/h4-5,8,14,16H,3,6-7,9H2,1-2H3. The molecule has 0 aliphatic carbocycles. The van der Waals surface area contributed by atoms with Gasteiger partial charge in [-0.15, -0.1) is 0 Å². The Morgan fingerprint density at radius 2 is 2.05 bits per heavy atom. The van der Waals surface area contributed by atoms with Gasteiger partial charge in [0, 0.05) is 12.1 Å². The smallest absolute Gasteiger partial charge is 0.240 e. The summed E-state index contributed by atoms with van der Waals surface area (Å²) in [6.07, 6.45) is 0.681. The molecule has 0 unspecified atom stereocenters. The highest BCUT2D eigenvalue weighted by atomic mass is 32.2. The summed E-state index contributed by atoms with van der Waals surface area (Å²) < 4.78 is 39.5. The highest BCUT2D eigenvalue weighted by Crippen LogP contribution is 2.15. The summed E-state index contributed by atoms with van der Waals surface area (Å²) in [7, 11) is 0.156. The van der Waals surface area contributed by atoms with Crippen LogP contribution < -0.4 is 4.72 Å². The molecule has 108 valence electrons. The average Bonchev–Trinajstić information content (AvgIpc) is 2.35. The van der Waals surface area contributed by atoms with E-state index in [1.54, 1.807) is 0 Å². The topological polar surface area (TPSA) is 69.6 Å². The SMILES string of the molecule is CN(C)CCCNS(=O)(=O)c1ccc(F)c(CO)c1. The van der Waals surface area contributed by atoms with Crippen LogP contribution in [0, 0.1) is 5.82 Å². The molecule has 5 nitrogen and oxygen atoms in total. The summed E-state index contributed by atoms with van der Waals surface area (Å²) in [5.74, 6) is -0.617. The van der Waals surface area contributed by atoms with Crippen LogP contribution in [0.5, 0.6) is 0 Å². The number of benzene rings is 1. The van der Waals surface area contributed by atoms with Crippen LogP contribution in [0.4, 0.5) is 4.39 Å². The maximum atomic E-state index is 13.2. The van der Waals surface area contributed by atoms with Gasteiger partial charge in [-0.2, -0.15) is 0 Å². The zero-order valence-electron chi connectivity index (χ0n) is 11.1. The normalized spacial score (nSPS) is 12.1. The van der Waals surface area contributed by atoms with Gasteiger partial charge in [-0.1, -0.05) is 0 Å². The van der Waals surface area contributed by atoms with Crippen LogP contribution in [0.25, 0.3) is 0 Å². The lowest BCUT2D eigenvalue weighted by atomic mass is 10.2. The minimum Gasteiger partial charge on any atom is -0.392 e. The minimum atomic E-state index is -3.65. The fourth-order valence-electron chi connectivity index (χ4n) is 1.52. The number of nitrogens with zero attached hydrogens (tertiary/aromatic N) is 1. The fraction of sp³-hybridized carbons (Fsp3) is 0.500. The van der Waals surface area contributed by atoms with Gasteiger partial charge in [0.2, 0.25) is 10.0 Å². The van der Waals surface area contributed by atoms with E-state index in [1.165, 1.54) is 6.07 Å². The molecule has 0 aliphatic heterocycles. The van der Waals surface area contributed by atoms with Crippen LogP contribution in [0.15, 0.2) is 23.1 Å². The van der Waals surface area contributed by atoms with Crippen molar-refractivity contribution in [1.29, 1.82) is 0 Å². The van der Waals surface area contributed by atoms with E-state index in [9.17, 15) is 12.8 Å². The van der Waals surface area contributed by atoms with Crippen LogP contribution in [0.1, 0.15) is 12.0 Å². The van der Waals surface area contributed by atoms with Gasteiger partial charge in [0.1, 0.15) is 5.82 Å². The van der Waals surface area contributed by atoms with E-state index in [2.05, 4.69) is 4.72 Å². The molecule has 7 heteroatoms. The lowest BCUT2D eigenvalue weighted by Gasteiger charge is -2.11. The maximum Gasteiger partial charge on any atom is 0.240 e. The second kappa shape index (κ2) is 6.95. The largest absolute Gasteiger partial charge is 0.392 e. The Morgan fingerprint density at radius 1 is 1.37 bits per heavy atom. The van der Waals surface area contributed by atoms with E-state index in [0.717, 1.165) is 18.7 Å². The second-order valence-electron chi connectivity index (χ2n) is 4.47. The molecule has 1 rings (SSSR count). The summed E-state index contributed by atoms with van der Waals surface area (Å²) in [5.41, 5.74) is -0.0313. The molecule has 0 heterocycles. The lowest BCUT2D eigenvalue weighted by Crippen LogP contribution is -2.27. The molecule has 19 heavy (non-hydrogen) atoms. The number of aliphatic hydroxyl groups excluding tert-OH is 1. The molecular weight excluding hydrogens is 271 g/mol.